The molecule has 0 aliphatic carbocycles. The van der Waals surface area contributed by atoms with E-state index in [9.17, 15) is 14.7 Å². The summed E-state index contributed by atoms with van der Waals surface area (Å²) in [7, 11) is 0. The van der Waals surface area contributed by atoms with Crippen LogP contribution in [-0.4, -0.2) is 31.5 Å². The van der Waals surface area contributed by atoms with Crippen molar-refractivity contribution in [3.8, 4) is 0 Å². The molecular formula is C18H18N6O4. The van der Waals surface area contributed by atoms with Crippen molar-refractivity contribution in [3.05, 3.63) is 60.2 Å². The van der Waals surface area contributed by atoms with E-state index >= 15 is 0 Å². The van der Waals surface area contributed by atoms with Gasteiger partial charge in [-0.15, -0.1) is 0 Å². The maximum Gasteiger partial charge on any atom is 0.338 e. The third-order valence-corrected chi connectivity index (χ3v) is 4.56. The molecule has 4 N–H and O–H groups in total. The Morgan fingerprint density at radius 3 is 2.82 bits per heavy atom. The summed E-state index contributed by atoms with van der Waals surface area (Å²) in [5.74, 6) is -0.720. The molecule has 2 unspecified atom stereocenters. The smallest absolute Gasteiger partial charge is 0.338 e. The van der Waals surface area contributed by atoms with Crippen LogP contribution in [0, 0.1) is 6.92 Å². The number of aryl methyl sites for hydroxylation is 1. The number of rotatable bonds is 6. The van der Waals surface area contributed by atoms with Crippen LogP contribution in [0.2, 0.25) is 0 Å². The van der Waals surface area contributed by atoms with Crippen molar-refractivity contribution >= 4 is 23.4 Å². The van der Waals surface area contributed by atoms with Gasteiger partial charge in [-0.3, -0.25) is 4.79 Å². The number of nitrogens with zero attached hydrogens (tertiary/aromatic N) is 4. The first-order chi connectivity index (χ1) is 13.5. The van der Waals surface area contributed by atoms with Gasteiger partial charge in [0, 0.05) is 12.4 Å². The van der Waals surface area contributed by atoms with Gasteiger partial charge in [0.05, 0.1) is 36.0 Å². The number of furan rings is 1. The average Bonchev–Trinajstić information content (AvgIpc) is 3.38. The van der Waals surface area contributed by atoms with E-state index in [0.717, 1.165) is 5.69 Å². The Morgan fingerprint density at radius 1 is 1.39 bits per heavy atom. The van der Waals surface area contributed by atoms with Gasteiger partial charge in [-0.2, -0.15) is 0 Å². The van der Waals surface area contributed by atoms with Crippen LogP contribution in [0.4, 0.5) is 11.5 Å². The molecule has 1 aliphatic heterocycles. The van der Waals surface area contributed by atoms with Crippen molar-refractivity contribution < 1.29 is 19.1 Å². The molecule has 4 rings (SSSR count). The Balaban J connectivity index is 1.91. The second-order valence-corrected chi connectivity index (χ2v) is 6.44. The molecule has 0 spiro atoms. The second kappa shape index (κ2) is 6.72. The van der Waals surface area contributed by atoms with Crippen LogP contribution in [-0.2, 0) is 4.79 Å². The number of nitrogens with one attached hydrogen (secondary N) is 1. The summed E-state index contributed by atoms with van der Waals surface area (Å²) in [6.45, 7) is 1.82. The van der Waals surface area contributed by atoms with Gasteiger partial charge in [0.1, 0.15) is 11.9 Å². The Bertz CT molecular complexity index is 1030. The van der Waals surface area contributed by atoms with Gasteiger partial charge in [-0.1, -0.05) is 0 Å². The number of amides is 1. The highest BCUT2D eigenvalue weighted by molar-refractivity contribution is 5.99. The molecule has 0 aromatic carbocycles. The SMILES string of the molecule is Cc1cn(C(CC(N)=O)N2c3c(C(=O)O)ccnc3NC2c2ccco2)cn1. The number of carboxylic acids is 1. The fourth-order valence-electron chi connectivity index (χ4n) is 3.43. The Hall–Kier alpha value is -3.82. The summed E-state index contributed by atoms with van der Waals surface area (Å²) in [6.07, 6.45) is 5.01. The third-order valence-electron chi connectivity index (χ3n) is 4.56. The lowest BCUT2D eigenvalue weighted by molar-refractivity contribution is -0.118. The lowest BCUT2D eigenvalue weighted by Gasteiger charge is -2.34. The zero-order chi connectivity index (χ0) is 19.8. The van der Waals surface area contributed by atoms with Crippen molar-refractivity contribution in [1.82, 2.24) is 14.5 Å². The Kier molecular flexibility index (Phi) is 4.22. The molecule has 3 aromatic rings. The molecule has 10 nitrogen and oxygen atoms in total. The number of nitrogens with two attached hydrogens (primary N) is 1. The largest absolute Gasteiger partial charge is 0.478 e. The predicted octanol–water partition coefficient (Wildman–Crippen LogP) is 1.88. The molecule has 0 saturated carbocycles. The van der Waals surface area contributed by atoms with E-state index in [2.05, 4.69) is 15.3 Å². The van der Waals surface area contributed by atoms with Crippen LogP contribution in [0.5, 0.6) is 0 Å². The van der Waals surface area contributed by atoms with Crippen molar-refractivity contribution in [1.29, 1.82) is 0 Å². The molecule has 3 aromatic heterocycles. The zero-order valence-corrected chi connectivity index (χ0v) is 14.9. The summed E-state index contributed by atoms with van der Waals surface area (Å²) < 4.78 is 7.28. The van der Waals surface area contributed by atoms with E-state index in [1.54, 1.807) is 34.1 Å². The minimum Gasteiger partial charge on any atom is -0.478 e. The number of carboxylic acid groups (broad SMARTS) is 1. The summed E-state index contributed by atoms with van der Waals surface area (Å²) in [5.41, 5.74) is 6.67. The quantitative estimate of drug-likeness (QED) is 0.587. The van der Waals surface area contributed by atoms with E-state index in [1.165, 1.54) is 18.5 Å². The first-order valence-electron chi connectivity index (χ1n) is 8.54. The van der Waals surface area contributed by atoms with Crippen molar-refractivity contribution in [2.45, 2.75) is 25.7 Å². The summed E-state index contributed by atoms with van der Waals surface area (Å²) in [6, 6.07) is 4.91. The number of carbonyl (C=O) groups excluding carboxylic acids is 1. The van der Waals surface area contributed by atoms with Crippen LogP contribution >= 0.6 is 0 Å². The standard InChI is InChI=1S/C18H18N6O4/c1-10-8-23(9-21-10)14(7-13(19)25)24-15-11(18(26)27)4-5-20-16(15)22-17(24)12-3-2-6-28-12/h2-6,8-9,14,17H,7H2,1H3,(H2,19,25)(H,20,22)(H,26,27). The minimum atomic E-state index is -1.11. The Morgan fingerprint density at radius 2 is 2.21 bits per heavy atom. The predicted molar refractivity (Wildman–Crippen MR) is 98.6 cm³/mol. The highest BCUT2D eigenvalue weighted by Crippen LogP contribution is 2.46. The highest BCUT2D eigenvalue weighted by Gasteiger charge is 2.41. The maximum absolute atomic E-state index is 11.9. The number of aromatic nitrogens is 3. The van der Waals surface area contributed by atoms with E-state index in [0.29, 0.717) is 17.3 Å². The van der Waals surface area contributed by atoms with Gasteiger partial charge in [0.2, 0.25) is 5.91 Å². The van der Waals surface area contributed by atoms with Gasteiger partial charge in [0.25, 0.3) is 0 Å². The normalized spacial score (nSPS) is 16.5. The number of pyridine rings is 1. The molecule has 0 radical (unpaired) electrons. The molecule has 28 heavy (non-hydrogen) atoms. The number of aromatic carboxylic acids is 1. The molecular weight excluding hydrogens is 364 g/mol. The first kappa shape index (κ1) is 17.6. The lowest BCUT2D eigenvalue weighted by Crippen LogP contribution is -2.38. The molecule has 4 heterocycles. The number of fused-ring (bicyclic) bond motifs is 1. The molecule has 0 saturated heterocycles. The molecule has 0 bridgehead atoms. The number of anilines is 2. The average molecular weight is 382 g/mol. The van der Waals surface area contributed by atoms with E-state index in [1.807, 2.05) is 6.92 Å². The van der Waals surface area contributed by atoms with Gasteiger partial charge in [-0.05, 0) is 25.1 Å². The van der Waals surface area contributed by atoms with Gasteiger partial charge in [-0.25, -0.2) is 14.8 Å². The van der Waals surface area contributed by atoms with Gasteiger partial charge in [0.15, 0.2) is 12.0 Å². The maximum atomic E-state index is 11.9. The zero-order valence-electron chi connectivity index (χ0n) is 14.9. The monoisotopic (exact) mass is 382 g/mol. The molecule has 2 atom stereocenters. The van der Waals surface area contributed by atoms with Gasteiger partial charge >= 0.3 is 5.97 Å². The number of hydrogen-bond acceptors (Lipinski definition) is 7. The van der Waals surface area contributed by atoms with E-state index in [-0.39, 0.29) is 12.0 Å². The molecule has 1 aliphatic rings. The number of imidazole rings is 1. The van der Waals surface area contributed by atoms with Crippen LogP contribution in [0.15, 0.2) is 47.6 Å². The molecule has 144 valence electrons. The van der Waals surface area contributed by atoms with E-state index in [4.69, 9.17) is 10.2 Å². The van der Waals surface area contributed by atoms with Crippen molar-refractivity contribution in [2.75, 3.05) is 10.2 Å². The van der Waals surface area contributed by atoms with Crippen molar-refractivity contribution in [2.24, 2.45) is 5.73 Å². The minimum absolute atomic E-state index is 0.0536. The fourth-order valence-corrected chi connectivity index (χ4v) is 3.43. The summed E-state index contributed by atoms with van der Waals surface area (Å²) in [4.78, 5) is 34.0. The first-order valence-corrected chi connectivity index (χ1v) is 8.54. The number of primary amides is 1. The number of carbonyl (C=O) groups is 2. The fraction of sp³-hybridized carbons (Fsp3) is 0.222. The summed E-state index contributed by atoms with van der Waals surface area (Å²) in [5, 5.41) is 12.9. The third kappa shape index (κ3) is 2.94. The van der Waals surface area contributed by atoms with Crippen LogP contribution in [0.25, 0.3) is 0 Å². The van der Waals surface area contributed by atoms with Crippen LogP contribution in [0.1, 0.15) is 40.6 Å². The summed E-state index contributed by atoms with van der Waals surface area (Å²) >= 11 is 0. The molecule has 10 heteroatoms. The van der Waals surface area contributed by atoms with Crippen molar-refractivity contribution in [3.63, 3.8) is 0 Å². The lowest BCUT2D eigenvalue weighted by atomic mass is 10.1. The molecule has 0 fully saturated rings. The van der Waals surface area contributed by atoms with Gasteiger partial charge < -0.3 is 30.0 Å². The highest BCUT2D eigenvalue weighted by atomic mass is 16.4. The van der Waals surface area contributed by atoms with Crippen LogP contribution in [0.3, 0.4) is 0 Å². The molecule has 1 amide bonds. The topological polar surface area (TPSA) is 140 Å². The van der Waals surface area contributed by atoms with E-state index < -0.39 is 24.2 Å². The number of hydrogen-bond donors (Lipinski definition) is 3. The second-order valence-electron chi connectivity index (χ2n) is 6.44. The van der Waals surface area contributed by atoms with Crippen LogP contribution < -0.4 is 16.0 Å². The Labute approximate surface area is 159 Å².